The molecule has 0 amide bonds. The maximum atomic E-state index is 4.16. The molecule has 1 aromatic heterocycles. The van der Waals surface area contributed by atoms with E-state index < -0.39 is 0 Å². The molecule has 0 aromatic carbocycles. The van der Waals surface area contributed by atoms with Gasteiger partial charge in [0.1, 0.15) is 0 Å². The standard InChI is InChI=1S/C14H25N3/c1-4-7-8-13(5-2)9-15-10-14-11-16-17(6-3)12-14/h6,11-13,15H,3-5,7-10H2,1-2H3. The van der Waals surface area contributed by atoms with Crippen LogP contribution in [-0.2, 0) is 6.54 Å². The van der Waals surface area contributed by atoms with Gasteiger partial charge in [0.2, 0.25) is 0 Å². The Bertz CT molecular complexity index is 317. The fourth-order valence-electron chi connectivity index (χ4n) is 1.93. The van der Waals surface area contributed by atoms with E-state index >= 15 is 0 Å². The predicted molar refractivity (Wildman–Crippen MR) is 73.6 cm³/mol. The lowest BCUT2D eigenvalue weighted by atomic mass is 9.99. The number of aromatic nitrogens is 2. The van der Waals surface area contributed by atoms with Crippen molar-refractivity contribution < 1.29 is 0 Å². The SMILES string of the molecule is C=Cn1cc(CNCC(CC)CCCC)cn1. The topological polar surface area (TPSA) is 29.9 Å². The molecule has 1 rings (SSSR count). The summed E-state index contributed by atoms with van der Waals surface area (Å²) in [5, 5.41) is 7.67. The number of unbranched alkanes of at least 4 members (excludes halogenated alkanes) is 1. The van der Waals surface area contributed by atoms with E-state index in [0.29, 0.717) is 0 Å². The number of hydrogen-bond acceptors (Lipinski definition) is 2. The first-order valence-corrected chi connectivity index (χ1v) is 6.66. The summed E-state index contributed by atoms with van der Waals surface area (Å²) in [6, 6.07) is 0. The van der Waals surface area contributed by atoms with Gasteiger partial charge in [0.15, 0.2) is 0 Å². The number of hydrogen-bond donors (Lipinski definition) is 1. The van der Waals surface area contributed by atoms with Crippen molar-refractivity contribution in [2.24, 2.45) is 5.92 Å². The maximum absolute atomic E-state index is 4.16. The van der Waals surface area contributed by atoms with E-state index in [4.69, 9.17) is 0 Å². The Morgan fingerprint density at radius 1 is 1.53 bits per heavy atom. The normalized spacial score (nSPS) is 12.6. The minimum atomic E-state index is 0.810. The average molecular weight is 235 g/mol. The van der Waals surface area contributed by atoms with Gasteiger partial charge in [-0.1, -0.05) is 39.7 Å². The van der Waals surface area contributed by atoms with E-state index in [9.17, 15) is 0 Å². The smallest absolute Gasteiger partial charge is 0.0538 e. The third-order valence-electron chi connectivity index (χ3n) is 3.15. The van der Waals surface area contributed by atoms with Gasteiger partial charge in [-0.25, -0.2) is 4.68 Å². The lowest BCUT2D eigenvalue weighted by Gasteiger charge is -2.14. The Kier molecular flexibility index (Phi) is 6.63. The molecule has 3 heteroatoms. The third kappa shape index (κ3) is 5.18. The molecule has 1 N–H and O–H groups in total. The molecule has 0 aliphatic rings. The van der Waals surface area contributed by atoms with Gasteiger partial charge in [0.05, 0.1) is 6.20 Å². The molecule has 0 spiro atoms. The second-order valence-corrected chi connectivity index (χ2v) is 4.56. The van der Waals surface area contributed by atoms with Crippen LogP contribution in [-0.4, -0.2) is 16.3 Å². The largest absolute Gasteiger partial charge is 0.312 e. The molecule has 96 valence electrons. The molecule has 3 nitrogen and oxygen atoms in total. The van der Waals surface area contributed by atoms with Crippen molar-refractivity contribution in [2.45, 2.75) is 46.1 Å². The van der Waals surface area contributed by atoms with E-state index in [1.54, 1.807) is 10.9 Å². The van der Waals surface area contributed by atoms with Gasteiger partial charge in [-0.15, -0.1) is 0 Å². The van der Waals surface area contributed by atoms with Crippen molar-refractivity contribution in [3.8, 4) is 0 Å². The zero-order valence-corrected chi connectivity index (χ0v) is 11.2. The van der Waals surface area contributed by atoms with Gasteiger partial charge in [-0.3, -0.25) is 0 Å². The van der Waals surface area contributed by atoms with Gasteiger partial charge < -0.3 is 5.32 Å². The van der Waals surface area contributed by atoms with Crippen LogP contribution in [0.15, 0.2) is 19.0 Å². The lowest BCUT2D eigenvalue weighted by Crippen LogP contribution is -2.22. The van der Waals surface area contributed by atoms with Crippen LogP contribution in [0, 0.1) is 5.92 Å². The van der Waals surface area contributed by atoms with Crippen molar-refractivity contribution in [2.75, 3.05) is 6.54 Å². The van der Waals surface area contributed by atoms with E-state index in [2.05, 4.69) is 30.8 Å². The van der Waals surface area contributed by atoms with Crippen LogP contribution in [0.3, 0.4) is 0 Å². The summed E-state index contributed by atoms with van der Waals surface area (Å²) < 4.78 is 1.74. The van der Waals surface area contributed by atoms with Crippen molar-refractivity contribution in [3.63, 3.8) is 0 Å². The molecule has 0 saturated carbocycles. The summed E-state index contributed by atoms with van der Waals surface area (Å²) in [6.45, 7) is 10.2. The first-order chi connectivity index (χ1) is 8.30. The van der Waals surface area contributed by atoms with Gasteiger partial charge >= 0.3 is 0 Å². The second-order valence-electron chi connectivity index (χ2n) is 4.56. The average Bonchev–Trinajstić information content (AvgIpc) is 2.81. The molecule has 17 heavy (non-hydrogen) atoms. The molecule has 0 radical (unpaired) electrons. The Morgan fingerprint density at radius 2 is 2.35 bits per heavy atom. The highest BCUT2D eigenvalue weighted by molar-refractivity contribution is 5.17. The first-order valence-electron chi connectivity index (χ1n) is 6.66. The zero-order valence-electron chi connectivity index (χ0n) is 11.2. The number of rotatable bonds is 9. The van der Waals surface area contributed by atoms with Crippen LogP contribution in [0.4, 0.5) is 0 Å². The predicted octanol–water partition coefficient (Wildman–Crippen LogP) is 3.29. The second kappa shape index (κ2) is 8.07. The highest BCUT2D eigenvalue weighted by Gasteiger charge is 2.05. The summed E-state index contributed by atoms with van der Waals surface area (Å²) in [7, 11) is 0. The number of nitrogens with one attached hydrogen (secondary N) is 1. The van der Waals surface area contributed by atoms with Gasteiger partial charge in [0, 0.05) is 24.5 Å². The fraction of sp³-hybridized carbons (Fsp3) is 0.643. The van der Waals surface area contributed by atoms with Gasteiger partial charge in [0.25, 0.3) is 0 Å². The van der Waals surface area contributed by atoms with Crippen LogP contribution < -0.4 is 5.32 Å². The summed E-state index contributed by atoms with van der Waals surface area (Å²) in [5.74, 6) is 0.810. The minimum Gasteiger partial charge on any atom is -0.312 e. The quantitative estimate of drug-likeness (QED) is 0.712. The monoisotopic (exact) mass is 235 g/mol. The Labute approximate surface area is 105 Å². The highest BCUT2D eigenvalue weighted by atomic mass is 15.2. The van der Waals surface area contributed by atoms with Crippen LogP contribution in [0.2, 0.25) is 0 Å². The molecule has 0 saturated heterocycles. The van der Waals surface area contributed by atoms with E-state index in [1.807, 2.05) is 12.4 Å². The molecular weight excluding hydrogens is 210 g/mol. The zero-order chi connectivity index (χ0) is 12.5. The van der Waals surface area contributed by atoms with E-state index in [0.717, 1.165) is 19.0 Å². The molecule has 1 atom stereocenters. The van der Waals surface area contributed by atoms with Crippen LogP contribution >= 0.6 is 0 Å². The Hall–Kier alpha value is -1.09. The maximum Gasteiger partial charge on any atom is 0.0538 e. The lowest BCUT2D eigenvalue weighted by molar-refractivity contribution is 0.419. The molecule has 0 aliphatic heterocycles. The summed E-state index contributed by atoms with van der Waals surface area (Å²) in [6.07, 6.45) is 10.8. The van der Waals surface area contributed by atoms with E-state index in [-0.39, 0.29) is 0 Å². The molecule has 1 aromatic rings. The van der Waals surface area contributed by atoms with Crippen molar-refractivity contribution in [1.29, 1.82) is 0 Å². The van der Waals surface area contributed by atoms with Crippen LogP contribution in [0.25, 0.3) is 6.20 Å². The fourth-order valence-corrected chi connectivity index (χ4v) is 1.93. The Balaban J connectivity index is 2.23. The van der Waals surface area contributed by atoms with Crippen molar-refractivity contribution >= 4 is 6.20 Å². The molecule has 1 unspecified atom stereocenters. The van der Waals surface area contributed by atoms with Gasteiger partial charge in [-0.05, 0) is 18.9 Å². The molecule has 0 bridgehead atoms. The molecule has 0 fully saturated rings. The summed E-state index contributed by atoms with van der Waals surface area (Å²) >= 11 is 0. The molecule has 1 heterocycles. The van der Waals surface area contributed by atoms with Crippen LogP contribution in [0.1, 0.15) is 45.1 Å². The van der Waals surface area contributed by atoms with Crippen LogP contribution in [0.5, 0.6) is 0 Å². The minimum absolute atomic E-state index is 0.810. The van der Waals surface area contributed by atoms with Crippen molar-refractivity contribution in [3.05, 3.63) is 24.5 Å². The van der Waals surface area contributed by atoms with E-state index in [1.165, 1.54) is 31.2 Å². The highest BCUT2D eigenvalue weighted by Crippen LogP contribution is 2.11. The molecule has 0 aliphatic carbocycles. The Morgan fingerprint density at radius 3 is 2.94 bits per heavy atom. The van der Waals surface area contributed by atoms with Gasteiger partial charge in [-0.2, -0.15) is 5.10 Å². The third-order valence-corrected chi connectivity index (χ3v) is 3.15. The van der Waals surface area contributed by atoms with Crippen molar-refractivity contribution in [1.82, 2.24) is 15.1 Å². The first kappa shape index (κ1) is 14.0. The summed E-state index contributed by atoms with van der Waals surface area (Å²) in [5.41, 5.74) is 1.22. The number of nitrogens with zero attached hydrogens (tertiary/aromatic N) is 2. The molecular formula is C14H25N3. The summed E-state index contributed by atoms with van der Waals surface area (Å²) in [4.78, 5) is 0.